The van der Waals surface area contributed by atoms with Crippen LogP contribution in [0.2, 0.25) is 0 Å². The molecular weight excluding hydrogens is 835 g/mol. The molecule has 5 aromatic carbocycles. The summed E-state index contributed by atoms with van der Waals surface area (Å²) < 4.78 is 1.42. The Morgan fingerprint density at radius 2 is 1.08 bits per heavy atom. The van der Waals surface area contributed by atoms with Crippen LogP contribution in [-0.4, -0.2) is 3.21 Å². The van der Waals surface area contributed by atoms with Gasteiger partial charge in [-0.2, -0.15) is 11.6 Å². The van der Waals surface area contributed by atoms with Crippen LogP contribution >= 0.6 is 0 Å². The summed E-state index contributed by atoms with van der Waals surface area (Å²) in [5.74, 6) is 3.82. The van der Waals surface area contributed by atoms with Gasteiger partial charge >= 0.3 is 99.2 Å². The number of hydrogen-bond donors (Lipinski definition) is 0. The Hall–Kier alpha value is -2.96. The van der Waals surface area contributed by atoms with Crippen LogP contribution in [0.4, 0.5) is 0 Å². The third-order valence-electron chi connectivity index (χ3n) is 14.6. The van der Waals surface area contributed by atoms with Crippen LogP contribution in [-0.2, 0) is 35.1 Å². The van der Waals surface area contributed by atoms with E-state index in [0.29, 0.717) is 11.3 Å². The van der Waals surface area contributed by atoms with Crippen LogP contribution in [0, 0.1) is 35.2 Å². The van der Waals surface area contributed by atoms with E-state index in [1.807, 2.05) is 0 Å². The summed E-state index contributed by atoms with van der Waals surface area (Å²) in [7, 11) is 0. The molecule has 7 aliphatic carbocycles. The first-order valence-corrected chi connectivity index (χ1v) is 23.0. The molecule has 304 valence electrons. The van der Waals surface area contributed by atoms with Gasteiger partial charge in [0.1, 0.15) is 0 Å². The van der Waals surface area contributed by atoms with Crippen molar-refractivity contribution >= 4 is 35.9 Å². The van der Waals surface area contributed by atoms with Gasteiger partial charge in [-0.05, 0) is 97.8 Å². The molecule has 4 fully saturated rings. The van der Waals surface area contributed by atoms with E-state index < -0.39 is 0 Å². The molecule has 3 heteroatoms. The molecule has 1 unspecified atom stereocenters. The van der Waals surface area contributed by atoms with Crippen LogP contribution in [0.25, 0.3) is 32.7 Å². The number of halogens is 2. The minimum atomic E-state index is 0. The normalized spacial score (nSPS) is 25.9. The van der Waals surface area contributed by atoms with Crippen molar-refractivity contribution in [1.29, 1.82) is 0 Å². The topological polar surface area (TPSA) is 0 Å². The van der Waals surface area contributed by atoms with Crippen molar-refractivity contribution in [2.24, 2.45) is 29.1 Å². The predicted octanol–water partition coefficient (Wildman–Crippen LogP) is 8.83. The molecule has 0 saturated heterocycles. The van der Waals surface area contributed by atoms with Crippen molar-refractivity contribution in [1.82, 2.24) is 0 Å². The molecule has 7 aliphatic rings. The Kier molecular flexibility index (Phi) is 12.5. The first-order valence-electron chi connectivity index (χ1n) is 21.8. The summed E-state index contributed by atoms with van der Waals surface area (Å²) in [5, 5.41) is 5.57. The van der Waals surface area contributed by atoms with Crippen molar-refractivity contribution in [3.63, 3.8) is 0 Å². The summed E-state index contributed by atoms with van der Waals surface area (Å²) in [6.07, 6.45) is 21.6. The number of benzene rings is 4. The molecule has 59 heavy (non-hydrogen) atoms. The average molecular weight is 895 g/mol. The third kappa shape index (κ3) is 8.49. The molecule has 0 heterocycles. The summed E-state index contributed by atoms with van der Waals surface area (Å²) >= 11 is 1.46. The number of rotatable bonds is 4. The third-order valence-corrected chi connectivity index (χ3v) is 16.0. The van der Waals surface area contributed by atoms with Gasteiger partial charge in [-0.1, -0.05) is 89.3 Å². The second-order valence-corrected chi connectivity index (χ2v) is 21.4. The Morgan fingerprint density at radius 1 is 0.661 bits per heavy atom. The molecule has 0 aromatic heterocycles. The zero-order chi connectivity index (χ0) is 39.9. The number of hydrogen-bond acceptors (Lipinski definition) is 0. The van der Waals surface area contributed by atoms with Crippen molar-refractivity contribution < 1.29 is 49.0 Å². The standard InChI is InChI=1S/C25H25.C18H25.C13H10.2ClH.Zr/c1-14-12-24(3,4)22-8-16-7-17-9-23-19(15(2)13-25(23,5)6)11-21(17)20(16)10-18(14)22;1-12-3-13(2)17(4-12)11-18-8-14-5-15(9-18)7-16(6-14)10-18;1-3-7-12(8-4-1)11-13-9-5-2-6-10-13;;;/h7-13H,1-6H3;4,12,14-16H,5-11H2,1-2H3;1-10H;2*1H;/q2*-1;;;;+2/p-2. The maximum absolute atomic E-state index is 3.57. The molecule has 5 aromatic rings. The van der Waals surface area contributed by atoms with Gasteiger partial charge in [0.05, 0.1) is 0 Å². The van der Waals surface area contributed by atoms with Crippen LogP contribution < -0.4 is 24.8 Å². The predicted molar refractivity (Wildman–Crippen MR) is 241 cm³/mol. The first-order chi connectivity index (χ1) is 27.2. The van der Waals surface area contributed by atoms with E-state index in [1.54, 1.807) is 44.1 Å². The molecule has 1 atom stereocenters. The van der Waals surface area contributed by atoms with E-state index in [2.05, 4.69) is 171 Å². The summed E-state index contributed by atoms with van der Waals surface area (Å²) in [6.45, 7) is 18.3. The molecule has 0 spiro atoms. The van der Waals surface area contributed by atoms with Gasteiger partial charge in [-0.3, -0.25) is 6.08 Å². The molecule has 0 N–H and O–H groups in total. The molecule has 0 nitrogen and oxygen atoms in total. The van der Waals surface area contributed by atoms with Gasteiger partial charge in [0, 0.05) is 10.8 Å². The van der Waals surface area contributed by atoms with Crippen LogP contribution in [0.1, 0.15) is 134 Å². The van der Waals surface area contributed by atoms with Crippen LogP contribution in [0.3, 0.4) is 0 Å². The van der Waals surface area contributed by atoms with E-state index >= 15 is 0 Å². The van der Waals surface area contributed by atoms with Gasteiger partial charge in [0.2, 0.25) is 0 Å². The van der Waals surface area contributed by atoms with E-state index in [-0.39, 0.29) is 35.6 Å². The van der Waals surface area contributed by atoms with Gasteiger partial charge < -0.3 is 24.8 Å². The van der Waals surface area contributed by atoms with E-state index in [0.717, 1.165) is 17.8 Å². The van der Waals surface area contributed by atoms with E-state index in [1.165, 1.54) is 106 Å². The molecule has 0 aliphatic heterocycles. The van der Waals surface area contributed by atoms with Gasteiger partial charge in [-0.25, -0.2) is 5.57 Å². The molecule has 0 radical (unpaired) electrons. The second-order valence-electron chi connectivity index (χ2n) is 20.2. The fourth-order valence-electron chi connectivity index (χ4n) is 12.6. The fraction of sp³-hybridized carbons (Fsp3) is 0.393. The van der Waals surface area contributed by atoms with E-state index in [9.17, 15) is 0 Å². The molecule has 4 saturated carbocycles. The van der Waals surface area contributed by atoms with Crippen molar-refractivity contribution in [3.05, 3.63) is 160 Å². The van der Waals surface area contributed by atoms with E-state index in [4.69, 9.17) is 0 Å². The number of fused-ring (bicyclic) bond motifs is 5. The Balaban J connectivity index is 0.000000138. The molecule has 0 amide bonds. The average Bonchev–Trinajstić information content (AvgIpc) is 3.83. The maximum atomic E-state index is 3.57. The van der Waals surface area contributed by atoms with Crippen molar-refractivity contribution in [2.75, 3.05) is 0 Å². The quantitative estimate of drug-likeness (QED) is 0.159. The van der Waals surface area contributed by atoms with Crippen molar-refractivity contribution in [2.45, 2.75) is 111 Å². The zero-order valence-electron chi connectivity index (χ0n) is 36.4. The summed E-state index contributed by atoms with van der Waals surface area (Å²) in [5.41, 5.74) is 15.4. The van der Waals surface area contributed by atoms with Crippen molar-refractivity contribution in [3.8, 4) is 0 Å². The summed E-state index contributed by atoms with van der Waals surface area (Å²) in [6, 6.07) is 33.2. The zero-order valence-corrected chi connectivity index (χ0v) is 40.4. The first kappa shape index (κ1) is 44.1. The molecule has 12 rings (SSSR count). The molecular formula is C56H60Cl2Zr-2. The Morgan fingerprint density at radius 3 is 1.47 bits per heavy atom. The Bertz CT molecular complexity index is 2350. The second kappa shape index (κ2) is 16.7. The summed E-state index contributed by atoms with van der Waals surface area (Å²) in [4.78, 5) is 0. The van der Waals surface area contributed by atoms with Crippen LogP contribution in [0.15, 0.2) is 120 Å². The van der Waals surface area contributed by atoms with Gasteiger partial charge in [-0.15, -0.1) is 39.7 Å². The SMILES string of the molecule is CC1=CC(C)(C)c2cc3[cH-]c4cc5c(cc4c3cc21)C(C)=CC5(C)C.CC1=[C-]C(C)C=C1CC12CC3CC(CC(C3)C1)C2.[Cl-].[Cl-].[Zr+2]=[C](c1ccccc1)c1ccccc1. The molecule has 4 bridgehead atoms. The Labute approximate surface area is 382 Å². The van der Waals surface area contributed by atoms with Crippen LogP contribution in [0.5, 0.6) is 0 Å². The monoisotopic (exact) mass is 892 g/mol. The minimum absolute atomic E-state index is 0. The van der Waals surface area contributed by atoms with Gasteiger partial charge in [0.15, 0.2) is 0 Å². The number of allylic oxidation sites excluding steroid dienone is 8. The van der Waals surface area contributed by atoms with Gasteiger partial charge in [0.25, 0.3) is 0 Å². The fourth-order valence-corrected chi connectivity index (χ4v) is 13.4.